The summed E-state index contributed by atoms with van der Waals surface area (Å²) in [5, 5.41) is 12.5. The first-order valence-electron chi connectivity index (χ1n) is 7.75. The van der Waals surface area contributed by atoms with Gasteiger partial charge in [-0.1, -0.05) is 30.3 Å². The Labute approximate surface area is 159 Å². The highest BCUT2D eigenvalue weighted by Crippen LogP contribution is 2.22. The van der Waals surface area contributed by atoms with Crippen molar-refractivity contribution in [3.8, 4) is 17.3 Å². The van der Waals surface area contributed by atoms with Gasteiger partial charge in [-0.15, -0.1) is 0 Å². The van der Waals surface area contributed by atoms with Crippen molar-refractivity contribution in [1.29, 1.82) is 5.26 Å². The van der Waals surface area contributed by atoms with Crippen LogP contribution >= 0.6 is 0 Å². The first-order chi connectivity index (χ1) is 13.8. The topological polar surface area (TPSA) is 93.9 Å². The standard InChI is InChI=1S/C18H8F5N5O/c19-11-10(12(20)14(22)15(23)13(11)21)7-25-28-18-26-16(8-4-2-1-3-5-8)9(6-24)17(29)27-18/h1-5,7H,(H2,26,27,28,29)/b25-7+. The van der Waals surface area contributed by atoms with Gasteiger partial charge in [0.25, 0.3) is 5.56 Å². The largest absolute Gasteiger partial charge is 0.290 e. The van der Waals surface area contributed by atoms with E-state index in [-0.39, 0.29) is 17.2 Å². The fraction of sp³-hybridized carbons (Fsp3) is 0. The lowest BCUT2D eigenvalue weighted by molar-refractivity contribution is 0.377. The SMILES string of the molecule is N#Cc1c(-c2ccccc2)nc(N/N=C/c2c(F)c(F)c(F)c(F)c2F)[nH]c1=O. The number of aromatic amines is 1. The predicted octanol–water partition coefficient (Wildman–Crippen LogP) is 3.45. The number of halogens is 5. The molecule has 0 fully saturated rings. The van der Waals surface area contributed by atoms with Crippen molar-refractivity contribution in [1.82, 2.24) is 9.97 Å². The summed E-state index contributed by atoms with van der Waals surface area (Å²) in [6.45, 7) is 0. The summed E-state index contributed by atoms with van der Waals surface area (Å²) in [6.07, 6.45) is 0.344. The molecule has 0 aliphatic rings. The highest BCUT2D eigenvalue weighted by atomic mass is 19.2. The first-order valence-corrected chi connectivity index (χ1v) is 7.75. The van der Waals surface area contributed by atoms with Gasteiger partial charge in [0.2, 0.25) is 11.8 Å². The van der Waals surface area contributed by atoms with Crippen LogP contribution in [-0.4, -0.2) is 16.2 Å². The Morgan fingerprint density at radius 1 is 1.00 bits per heavy atom. The number of benzene rings is 2. The van der Waals surface area contributed by atoms with Gasteiger partial charge in [-0.05, 0) is 0 Å². The van der Waals surface area contributed by atoms with Gasteiger partial charge in [-0.3, -0.25) is 9.78 Å². The van der Waals surface area contributed by atoms with Crippen molar-refractivity contribution in [2.45, 2.75) is 0 Å². The molecule has 0 spiro atoms. The number of aromatic nitrogens is 2. The number of nitrogens with zero attached hydrogens (tertiary/aromatic N) is 3. The van der Waals surface area contributed by atoms with Crippen LogP contribution in [0.15, 0.2) is 40.2 Å². The van der Waals surface area contributed by atoms with E-state index in [9.17, 15) is 26.7 Å². The molecule has 3 rings (SSSR count). The molecule has 1 heterocycles. The third-order valence-electron chi connectivity index (χ3n) is 3.69. The van der Waals surface area contributed by atoms with E-state index >= 15 is 0 Å². The second kappa shape index (κ2) is 7.89. The molecule has 0 atom stereocenters. The van der Waals surface area contributed by atoms with Gasteiger partial charge in [0.05, 0.1) is 17.5 Å². The molecule has 3 aromatic rings. The minimum Gasteiger partial charge on any atom is -0.290 e. The third-order valence-corrected chi connectivity index (χ3v) is 3.69. The molecule has 1 aromatic heterocycles. The van der Waals surface area contributed by atoms with Gasteiger partial charge in [-0.25, -0.2) is 32.4 Å². The number of rotatable bonds is 4. The summed E-state index contributed by atoms with van der Waals surface area (Å²) in [6, 6.07) is 9.89. The van der Waals surface area contributed by atoms with Crippen molar-refractivity contribution in [2.24, 2.45) is 5.10 Å². The van der Waals surface area contributed by atoms with Crippen LogP contribution in [-0.2, 0) is 0 Å². The maximum atomic E-state index is 13.6. The Morgan fingerprint density at radius 2 is 1.59 bits per heavy atom. The number of nitrogens with one attached hydrogen (secondary N) is 2. The van der Waals surface area contributed by atoms with Crippen molar-refractivity contribution in [2.75, 3.05) is 5.43 Å². The predicted molar refractivity (Wildman–Crippen MR) is 92.5 cm³/mol. The molecule has 0 aliphatic carbocycles. The molecule has 6 nitrogen and oxygen atoms in total. The molecule has 0 bridgehead atoms. The minimum absolute atomic E-state index is 0.00535. The molecular weight excluding hydrogens is 397 g/mol. The van der Waals surface area contributed by atoms with Crippen molar-refractivity contribution >= 4 is 12.2 Å². The highest BCUT2D eigenvalue weighted by molar-refractivity contribution is 5.81. The summed E-state index contributed by atoms with van der Waals surface area (Å²) in [7, 11) is 0. The first kappa shape index (κ1) is 19.7. The molecule has 0 saturated heterocycles. The van der Waals surface area contributed by atoms with Crippen LogP contribution in [0.25, 0.3) is 11.3 Å². The molecule has 0 amide bonds. The second-order valence-corrected chi connectivity index (χ2v) is 5.47. The average molecular weight is 405 g/mol. The number of hydrogen-bond acceptors (Lipinski definition) is 5. The van der Waals surface area contributed by atoms with Crippen LogP contribution in [0.5, 0.6) is 0 Å². The highest BCUT2D eigenvalue weighted by Gasteiger charge is 2.24. The van der Waals surface area contributed by atoms with Gasteiger partial charge in [0.1, 0.15) is 11.6 Å². The van der Waals surface area contributed by atoms with Crippen molar-refractivity contribution in [3.05, 3.63) is 80.9 Å². The molecular formula is C18H8F5N5O. The molecule has 0 saturated carbocycles. The number of nitriles is 1. The van der Waals surface area contributed by atoms with E-state index in [4.69, 9.17) is 5.26 Å². The molecule has 146 valence electrons. The fourth-order valence-electron chi connectivity index (χ4n) is 2.33. The third kappa shape index (κ3) is 3.68. The Morgan fingerprint density at radius 3 is 2.17 bits per heavy atom. The van der Waals surface area contributed by atoms with E-state index in [1.807, 2.05) is 0 Å². The molecule has 29 heavy (non-hydrogen) atoms. The summed E-state index contributed by atoms with van der Waals surface area (Å²) in [5.41, 5.74) is 0.168. The lowest BCUT2D eigenvalue weighted by Crippen LogP contribution is -2.16. The van der Waals surface area contributed by atoms with Crippen LogP contribution in [0.2, 0.25) is 0 Å². The zero-order chi connectivity index (χ0) is 21.1. The van der Waals surface area contributed by atoms with Crippen LogP contribution < -0.4 is 11.0 Å². The van der Waals surface area contributed by atoms with E-state index in [0.29, 0.717) is 11.8 Å². The quantitative estimate of drug-likeness (QED) is 0.229. The summed E-state index contributed by atoms with van der Waals surface area (Å²) >= 11 is 0. The Hall–Kier alpha value is -4.07. The molecule has 0 unspecified atom stereocenters. The zero-order valence-corrected chi connectivity index (χ0v) is 14.1. The number of hydrazone groups is 1. The monoisotopic (exact) mass is 405 g/mol. The summed E-state index contributed by atoms with van der Waals surface area (Å²) in [4.78, 5) is 18.2. The number of anilines is 1. The number of H-pyrrole nitrogens is 1. The summed E-state index contributed by atoms with van der Waals surface area (Å²) < 4.78 is 66.7. The Balaban J connectivity index is 1.98. The lowest BCUT2D eigenvalue weighted by Gasteiger charge is -2.06. The van der Waals surface area contributed by atoms with Gasteiger partial charge >= 0.3 is 0 Å². The molecule has 2 N–H and O–H groups in total. The van der Waals surface area contributed by atoms with Crippen LogP contribution in [0.4, 0.5) is 27.9 Å². The van der Waals surface area contributed by atoms with E-state index < -0.39 is 40.2 Å². The molecule has 11 heteroatoms. The van der Waals surface area contributed by atoms with E-state index in [2.05, 4.69) is 20.5 Å². The van der Waals surface area contributed by atoms with Gasteiger partial charge in [0, 0.05) is 5.56 Å². The van der Waals surface area contributed by atoms with E-state index in [1.54, 1.807) is 36.4 Å². The lowest BCUT2D eigenvalue weighted by atomic mass is 10.1. The smallest absolute Gasteiger partial charge is 0.270 e. The average Bonchev–Trinajstić information content (AvgIpc) is 2.73. The molecule has 0 radical (unpaired) electrons. The fourth-order valence-corrected chi connectivity index (χ4v) is 2.33. The number of hydrogen-bond donors (Lipinski definition) is 2. The van der Waals surface area contributed by atoms with E-state index in [0.717, 1.165) is 0 Å². The van der Waals surface area contributed by atoms with Gasteiger partial charge in [-0.2, -0.15) is 10.4 Å². The maximum absolute atomic E-state index is 13.6. The van der Waals surface area contributed by atoms with Crippen LogP contribution in [0.1, 0.15) is 11.1 Å². The van der Waals surface area contributed by atoms with Crippen molar-refractivity contribution < 1.29 is 22.0 Å². The van der Waals surface area contributed by atoms with Crippen LogP contribution in [0.3, 0.4) is 0 Å². The van der Waals surface area contributed by atoms with Gasteiger partial charge in [0.15, 0.2) is 23.3 Å². The Bertz CT molecular complexity index is 1190. The van der Waals surface area contributed by atoms with Crippen LogP contribution in [0, 0.1) is 40.4 Å². The summed E-state index contributed by atoms with van der Waals surface area (Å²) in [5.74, 6) is -11.0. The molecule has 2 aromatic carbocycles. The van der Waals surface area contributed by atoms with Gasteiger partial charge < -0.3 is 0 Å². The normalized spacial score (nSPS) is 10.9. The second-order valence-electron chi connectivity index (χ2n) is 5.47. The minimum atomic E-state index is -2.30. The van der Waals surface area contributed by atoms with E-state index in [1.165, 1.54) is 0 Å². The Kier molecular flexibility index (Phi) is 5.36. The molecule has 0 aliphatic heterocycles. The van der Waals surface area contributed by atoms with Crippen molar-refractivity contribution in [3.63, 3.8) is 0 Å². The zero-order valence-electron chi connectivity index (χ0n) is 14.1. The maximum Gasteiger partial charge on any atom is 0.270 e.